The van der Waals surface area contributed by atoms with Gasteiger partial charge in [-0.25, -0.2) is 8.78 Å². The van der Waals surface area contributed by atoms with Gasteiger partial charge in [0, 0.05) is 11.0 Å². The maximum Gasteiger partial charge on any atom is 0.491 e. The van der Waals surface area contributed by atoms with Gasteiger partial charge in [0.1, 0.15) is 11.5 Å². The van der Waals surface area contributed by atoms with Crippen molar-refractivity contribution in [1.82, 2.24) is 0 Å². The van der Waals surface area contributed by atoms with E-state index in [-0.39, 0.29) is 17.6 Å². The first-order valence-electron chi connectivity index (χ1n) is 6.39. The van der Waals surface area contributed by atoms with Crippen LogP contribution < -0.4 is 10.8 Å². The van der Waals surface area contributed by atoms with Crippen LogP contribution in [0.5, 0.6) is 0 Å². The molecule has 20 heavy (non-hydrogen) atoms. The number of hydrogen-bond acceptors (Lipinski definition) is 3. The van der Waals surface area contributed by atoms with Crippen LogP contribution in [0.25, 0.3) is 0 Å². The van der Waals surface area contributed by atoms with E-state index in [1.807, 2.05) is 6.92 Å². The molecular formula is C13H16BF2NO3. The molecule has 1 aliphatic heterocycles. The molecule has 1 aromatic carbocycles. The van der Waals surface area contributed by atoms with Crippen LogP contribution in [-0.4, -0.2) is 18.0 Å². The number of nitrogens with one attached hydrogen (secondary N) is 1. The van der Waals surface area contributed by atoms with Crippen molar-refractivity contribution in [2.75, 3.05) is 5.32 Å². The Morgan fingerprint density at radius 3 is 2.80 bits per heavy atom. The van der Waals surface area contributed by atoms with Crippen molar-refractivity contribution in [2.45, 2.75) is 33.8 Å². The van der Waals surface area contributed by atoms with Crippen LogP contribution in [-0.2, 0) is 16.1 Å². The summed E-state index contributed by atoms with van der Waals surface area (Å²) in [4.78, 5) is 12.0. The van der Waals surface area contributed by atoms with Crippen molar-refractivity contribution in [3.8, 4) is 0 Å². The third-order valence-electron chi connectivity index (χ3n) is 3.74. The monoisotopic (exact) mass is 283 g/mol. The topological polar surface area (TPSA) is 58.6 Å². The van der Waals surface area contributed by atoms with E-state index in [4.69, 9.17) is 4.65 Å². The van der Waals surface area contributed by atoms with E-state index < -0.39 is 35.8 Å². The largest absolute Gasteiger partial charge is 0.491 e. The molecule has 0 bridgehead atoms. The van der Waals surface area contributed by atoms with Crippen LogP contribution in [0, 0.1) is 17.0 Å². The van der Waals surface area contributed by atoms with E-state index in [0.717, 1.165) is 6.07 Å². The molecule has 0 unspecified atom stereocenters. The van der Waals surface area contributed by atoms with E-state index in [1.165, 1.54) is 0 Å². The second kappa shape index (κ2) is 5.14. The van der Waals surface area contributed by atoms with Gasteiger partial charge >= 0.3 is 7.12 Å². The van der Waals surface area contributed by atoms with Crippen LogP contribution in [0.4, 0.5) is 14.5 Å². The highest BCUT2D eigenvalue weighted by molar-refractivity contribution is 6.61. The van der Waals surface area contributed by atoms with Gasteiger partial charge in [-0.05, 0) is 17.9 Å². The Labute approximate surface area is 116 Å². The summed E-state index contributed by atoms with van der Waals surface area (Å²) >= 11 is 0. The molecule has 0 saturated carbocycles. The minimum Gasteiger partial charge on any atom is -0.423 e. The lowest BCUT2D eigenvalue weighted by atomic mass is 9.79. The highest BCUT2D eigenvalue weighted by Crippen LogP contribution is 2.28. The summed E-state index contributed by atoms with van der Waals surface area (Å²) in [5.41, 5.74) is -1.09. The third-order valence-corrected chi connectivity index (χ3v) is 3.74. The molecule has 1 aromatic rings. The van der Waals surface area contributed by atoms with Gasteiger partial charge in [0.05, 0.1) is 6.61 Å². The number of carbonyl (C=O) groups is 1. The molecule has 7 heteroatoms. The zero-order valence-electron chi connectivity index (χ0n) is 11.6. The molecule has 0 radical (unpaired) electrons. The first-order valence-corrected chi connectivity index (χ1v) is 6.39. The van der Waals surface area contributed by atoms with Crippen LogP contribution in [0.3, 0.4) is 0 Å². The summed E-state index contributed by atoms with van der Waals surface area (Å²) in [6.07, 6.45) is 0.537. The zero-order valence-corrected chi connectivity index (χ0v) is 11.6. The summed E-state index contributed by atoms with van der Waals surface area (Å²) in [5, 5.41) is 11.7. The quantitative estimate of drug-likeness (QED) is 0.828. The maximum atomic E-state index is 14.2. The average molecular weight is 283 g/mol. The van der Waals surface area contributed by atoms with Crippen LogP contribution in [0.15, 0.2) is 6.07 Å². The number of benzene rings is 1. The predicted molar refractivity (Wildman–Crippen MR) is 71.5 cm³/mol. The molecule has 0 aliphatic carbocycles. The van der Waals surface area contributed by atoms with E-state index in [9.17, 15) is 18.6 Å². The number of hydrogen-bond donors (Lipinski definition) is 2. The Balaban J connectivity index is 2.37. The van der Waals surface area contributed by atoms with Crippen molar-refractivity contribution < 1.29 is 23.3 Å². The third kappa shape index (κ3) is 2.43. The molecular weight excluding hydrogens is 267 g/mol. The molecule has 0 atom stereocenters. The molecule has 2 rings (SSSR count). The maximum absolute atomic E-state index is 14.2. The van der Waals surface area contributed by atoms with E-state index in [2.05, 4.69) is 5.32 Å². The Morgan fingerprint density at radius 2 is 2.20 bits per heavy atom. The molecule has 0 fully saturated rings. The smallest absolute Gasteiger partial charge is 0.423 e. The summed E-state index contributed by atoms with van der Waals surface area (Å²) < 4.78 is 33.0. The minimum absolute atomic E-state index is 0.0627. The molecule has 0 saturated heterocycles. The Kier molecular flexibility index (Phi) is 3.84. The van der Waals surface area contributed by atoms with Gasteiger partial charge in [0.15, 0.2) is 5.82 Å². The standard InChI is InChI=1S/C13H16BF2NO3/c1-4-13(2,3)12(18)17-11-9(15)5-8-7(10(11)16)6-20-14(8)19/h5,19H,4,6H2,1-3H3,(H,17,18). The molecule has 0 spiro atoms. The van der Waals surface area contributed by atoms with E-state index in [0.29, 0.717) is 6.42 Å². The normalized spacial score (nSPS) is 14.4. The van der Waals surface area contributed by atoms with Gasteiger partial charge in [0.25, 0.3) is 0 Å². The zero-order chi connectivity index (χ0) is 15.1. The van der Waals surface area contributed by atoms with Gasteiger partial charge in [-0.1, -0.05) is 20.8 Å². The Hall–Kier alpha value is -1.47. The molecule has 108 valence electrons. The van der Waals surface area contributed by atoms with Crippen LogP contribution >= 0.6 is 0 Å². The molecule has 1 aliphatic rings. The van der Waals surface area contributed by atoms with Crippen LogP contribution in [0.2, 0.25) is 0 Å². The van der Waals surface area contributed by atoms with Gasteiger partial charge in [-0.2, -0.15) is 0 Å². The highest BCUT2D eigenvalue weighted by atomic mass is 19.1. The van der Waals surface area contributed by atoms with Gasteiger partial charge in [-0.15, -0.1) is 0 Å². The van der Waals surface area contributed by atoms with Crippen molar-refractivity contribution in [2.24, 2.45) is 5.41 Å². The predicted octanol–water partition coefficient (Wildman–Crippen LogP) is 1.56. The fourth-order valence-electron chi connectivity index (χ4n) is 1.86. The lowest BCUT2D eigenvalue weighted by Gasteiger charge is -2.22. The number of halogens is 2. The van der Waals surface area contributed by atoms with Gasteiger partial charge in [0.2, 0.25) is 5.91 Å². The van der Waals surface area contributed by atoms with Crippen molar-refractivity contribution >= 4 is 24.2 Å². The summed E-state index contributed by atoms with van der Waals surface area (Å²) in [7, 11) is -1.33. The average Bonchev–Trinajstić information content (AvgIpc) is 2.76. The number of rotatable bonds is 3. The number of carbonyl (C=O) groups excluding carboxylic acids is 1. The lowest BCUT2D eigenvalue weighted by molar-refractivity contribution is -0.124. The summed E-state index contributed by atoms with van der Waals surface area (Å²) in [6, 6.07) is 0.991. The Bertz CT molecular complexity index is 563. The molecule has 2 N–H and O–H groups in total. The molecule has 1 amide bonds. The van der Waals surface area contributed by atoms with E-state index >= 15 is 0 Å². The first kappa shape index (κ1) is 14.9. The number of fused-ring (bicyclic) bond motifs is 1. The second-order valence-corrected chi connectivity index (χ2v) is 5.47. The first-order chi connectivity index (χ1) is 9.27. The molecule has 0 aromatic heterocycles. The highest BCUT2D eigenvalue weighted by Gasteiger charge is 2.34. The lowest BCUT2D eigenvalue weighted by Crippen LogP contribution is -2.32. The van der Waals surface area contributed by atoms with Gasteiger partial charge < -0.3 is 15.0 Å². The van der Waals surface area contributed by atoms with Crippen molar-refractivity contribution in [3.05, 3.63) is 23.3 Å². The SMILES string of the molecule is CCC(C)(C)C(=O)Nc1c(F)cc2c(c1F)COB2O. The summed E-state index contributed by atoms with van der Waals surface area (Å²) in [6.45, 7) is 5.05. The van der Waals surface area contributed by atoms with Crippen LogP contribution in [0.1, 0.15) is 32.8 Å². The number of amides is 1. The molecule has 4 nitrogen and oxygen atoms in total. The van der Waals surface area contributed by atoms with Gasteiger partial charge in [-0.3, -0.25) is 4.79 Å². The fourth-order valence-corrected chi connectivity index (χ4v) is 1.86. The second-order valence-electron chi connectivity index (χ2n) is 5.47. The Morgan fingerprint density at radius 1 is 1.55 bits per heavy atom. The number of anilines is 1. The minimum atomic E-state index is -1.33. The van der Waals surface area contributed by atoms with E-state index in [1.54, 1.807) is 13.8 Å². The molecule has 1 heterocycles. The van der Waals surface area contributed by atoms with Crippen molar-refractivity contribution in [1.29, 1.82) is 0 Å². The fraction of sp³-hybridized carbons (Fsp3) is 0.462. The summed E-state index contributed by atoms with van der Waals surface area (Å²) in [5.74, 6) is -2.28. The van der Waals surface area contributed by atoms with Crippen molar-refractivity contribution in [3.63, 3.8) is 0 Å².